The number of pyridine rings is 1. The van der Waals surface area contributed by atoms with E-state index in [-0.39, 0.29) is 107 Å². The second-order valence-corrected chi connectivity index (χ2v) is 9.41. The number of benzene rings is 2. The highest BCUT2D eigenvalue weighted by Crippen LogP contribution is 2.29. The van der Waals surface area contributed by atoms with Crippen LogP contribution in [0.25, 0.3) is 10.9 Å². The van der Waals surface area contributed by atoms with E-state index in [2.05, 4.69) is 10.3 Å². The molecule has 1 aromatic heterocycles. The fraction of sp³-hybridized carbons (Fsp3) is 0.357. The molecule has 0 aliphatic rings. The van der Waals surface area contributed by atoms with Gasteiger partial charge in [0.05, 0.1) is 29.8 Å². The number of carbonyl (C=O) groups is 3. The average Bonchev–Trinajstić information content (AvgIpc) is 2.93. The Kier molecular flexibility index (Phi) is 20.1. The zero-order valence-corrected chi connectivity index (χ0v) is 26.4. The number of fused-ring (bicyclic) bond motifs is 1. The summed E-state index contributed by atoms with van der Waals surface area (Å²) in [5.41, 5.74) is 18.0. The number of hydrogen-bond donors (Lipinski definition) is 4. The van der Waals surface area contributed by atoms with Gasteiger partial charge in [0.25, 0.3) is 0 Å². The molecule has 0 spiro atoms. The van der Waals surface area contributed by atoms with Crippen LogP contribution >= 0.6 is 0 Å². The van der Waals surface area contributed by atoms with Crippen LogP contribution in [0.5, 0.6) is 0 Å². The Morgan fingerprint density at radius 1 is 0.932 bits per heavy atom. The summed E-state index contributed by atoms with van der Waals surface area (Å²) in [5, 5.41) is 3.47. The van der Waals surface area contributed by atoms with E-state index in [1.807, 2.05) is 30.3 Å². The molecule has 3 aromatic rings. The lowest BCUT2D eigenvalue weighted by atomic mass is 9.96. The smallest absolute Gasteiger partial charge is 0.416 e. The summed E-state index contributed by atoms with van der Waals surface area (Å²) in [6.45, 7) is 0.477. The molecule has 2 amide bonds. The number of alkyl halides is 3. The Bertz CT molecular complexity index is 1340. The number of carbonyl (C=O) groups excluding carboxylic acids is 3. The second-order valence-electron chi connectivity index (χ2n) is 9.41. The van der Waals surface area contributed by atoms with Gasteiger partial charge in [0.2, 0.25) is 11.8 Å². The van der Waals surface area contributed by atoms with Gasteiger partial charge in [0.1, 0.15) is 0 Å². The van der Waals surface area contributed by atoms with Crippen LogP contribution in [0.15, 0.2) is 60.8 Å². The Balaban J connectivity index is 0. The van der Waals surface area contributed by atoms with E-state index in [1.54, 1.807) is 6.20 Å². The van der Waals surface area contributed by atoms with Crippen molar-refractivity contribution in [3.63, 3.8) is 0 Å². The van der Waals surface area contributed by atoms with E-state index in [4.69, 9.17) is 17.2 Å². The van der Waals surface area contributed by atoms with Crippen molar-refractivity contribution in [1.29, 1.82) is 0 Å². The lowest BCUT2D eigenvalue weighted by Gasteiger charge is -2.22. The Hall–Kier alpha value is -2.71. The number of nitrogens with two attached hydrogens (primary N) is 3. The molecule has 2 aromatic carbocycles. The quantitative estimate of drug-likeness (QED) is 0.129. The van der Waals surface area contributed by atoms with Crippen LogP contribution in [0.2, 0.25) is 0 Å². The standard InChI is InChI=1S/C28H33F3N6O3.4ClH/c29-28(30,31)21-7-5-18(6-8-21)14-24(25(38)15-19-13-20-3-1-2-4-23(20)35-16-19)36-27(40)22(34)9-10-26(39)37(17-33)12-11-32;;;;/h1-8,13,16,22,24H,9-12,14-15,17,32-34H2,(H,36,40);4*1H/p-4/t22-,24-;;;;/m0..../s1. The predicted molar refractivity (Wildman–Crippen MR) is 145 cm³/mol. The van der Waals surface area contributed by atoms with E-state index < -0.39 is 29.7 Å². The van der Waals surface area contributed by atoms with Gasteiger partial charge in [-0.25, -0.2) is 0 Å². The molecule has 16 heteroatoms. The van der Waals surface area contributed by atoms with Crippen molar-refractivity contribution in [2.45, 2.75) is 43.9 Å². The summed E-state index contributed by atoms with van der Waals surface area (Å²) >= 11 is 0. The van der Waals surface area contributed by atoms with E-state index in [0.717, 1.165) is 23.0 Å². The van der Waals surface area contributed by atoms with Crippen LogP contribution < -0.4 is 72.1 Å². The molecular weight excluding hydrogens is 667 g/mol. The average molecular weight is 700 g/mol. The van der Waals surface area contributed by atoms with Crippen LogP contribution in [0.1, 0.15) is 29.5 Å². The maximum atomic E-state index is 13.4. The van der Waals surface area contributed by atoms with Gasteiger partial charge in [0, 0.05) is 37.5 Å². The highest BCUT2D eigenvalue weighted by Gasteiger charge is 2.30. The molecule has 3 rings (SSSR count). The van der Waals surface area contributed by atoms with Crippen LogP contribution in [0.4, 0.5) is 13.2 Å². The maximum Gasteiger partial charge on any atom is 0.416 e. The molecule has 0 unspecified atom stereocenters. The fourth-order valence-electron chi connectivity index (χ4n) is 4.17. The summed E-state index contributed by atoms with van der Waals surface area (Å²) in [4.78, 5) is 44.3. The minimum atomic E-state index is -4.50. The topological polar surface area (TPSA) is 157 Å². The summed E-state index contributed by atoms with van der Waals surface area (Å²) < 4.78 is 39.0. The highest BCUT2D eigenvalue weighted by molar-refractivity contribution is 5.93. The van der Waals surface area contributed by atoms with E-state index >= 15 is 0 Å². The van der Waals surface area contributed by atoms with Gasteiger partial charge in [-0.3, -0.25) is 19.4 Å². The minimum Gasteiger partial charge on any atom is -1.00 e. The second kappa shape index (κ2) is 20.3. The molecule has 0 saturated heterocycles. The normalized spacial score (nSPS) is 11.9. The predicted octanol–water partition coefficient (Wildman–Crippen LogP) is -10.1. The third-order valence-electron chi connectivity index (χ3n) is 6.43. The molecule has 44 heavy (non-hydrogen) atoms. The van der Waals surface area contributed by atoms with E-state index in [0.29, 0.717) is 11.1 Å². The van der Waals surface area contributed by atoms with Crippen molar-refractivity contribution in [1.82, 2.24) is 15.2 Å². The van der Waals surface area contributed by atoms with Crippen LogP contribution in [0, 0.1) is 0 Å². The van der Waals surface area contributed by atoms with Gasteiger partial charge in [-0.05, 0) is 48.2 Å². The van der Waals surface area contributed by atoms with Gasteiger partial charge in [0.15, 0.2) is 5.78 Å². The molecule has 7 N–H and O–H groups in total. The Labute approximate surface area is 278 Å². The maximum absolute atomic E-state index is 13.4. The monoisotopic (exact) mass is 698 g/mol. The lowest BCUT2D eigenvalue weighted by Crippen LogP contribution is -3.00. The van der Waals surface area contributed by atoms with Gasteiger partial charge in [-0.15, -0.1) is 0 Å². The van der Waals surface area contributed by atoms with Crippen LogP contribution in [-0.2, 0) is 33.4 Å². The van der Waals surface area contributed by atoms with E-state index in [9.17, 15) is 27.6 Å². The van der Waals surface area contributed by atoms with Crippen molar-refractivity contribution < 1.29 is 77.2 Å². The Morgan fingerprint density at radius 3 is 2.16 bits per heavy atom. The molecule has 9 nitrogen and oxygen atoms in total. The zero-order chi connectivity index (χ0) is 29.3. The molecule has 246 valence electrons. The Morgan fingerprint density at radius 2 is 1.57 bits per heavy atom. The van der Waals surface area contributed by atoms with E-state index in [1.165, 1.54) is 17.0 Å². The SMILES string of the molecule is NCCN(CN)C(=O)CC[C@H](N)C(=O)N[C@@H](Cc1ccc(C(F)(F)F)cc1)C(=O)Cc1cnc2ccccc2c1.[Cl-].[Cl-].[Cl-].[Cl-]. The van der Waals surface area contributed by atoms with Gasteiger partial charge in [-0.1, -0.05) is 30.3 Å². The molecule has 0 radical (unpaired) electrons. The number of rotatable bonds is 13. The lowest BCUT2D eigenvalue weighted by molar-refractivity contribution is -0.137. The molecule has 0 bridgehead atoms. The molecule has 1 heterocycles. The molecule has 0 aliphatic heterocycles. The number of amides is 2. The first-order valence-corrected chi connectivity index (χ1v) is 12.8. The van der Waals surface area contributed by atoms with Crippen LogP contribution in [0.3, 0.4) is 0 Å². The summed E-state index contributed by atoms with van der Waals surface area (Å²) in [6.07, 6.45) is -3.10. The number of hydrogen-bond acceptors (Lipinski definition) is 7. The van der Waals surface area contributed by atoms with Crippen molar-refractivity contribution in [2.24, 2.45) is 17.2 Å². The van der Waals surface area contributed by atoms with Crippen LogP contribution in [-0.4, -0.2) is 59.3 Å². The third-order valence-corrected chi connectivity index (χ3v) is 6.43. The first-order chi connectivity index (χ1) is 19.0. The molecule has 2 atom stereocenters. The third kappa shape index (κ3) is 12.7. The van der Waals surface area contributed by atoms with Crippen molar-refractivity contribution in [2.75, 3.05) is 19.8 Å². The van der Waals surface area contributed by atoms with Crippen molar-refractivity contribution in [3.8, 4) is 0 Å². The van der Waals surface area contributed by atoms with Gasteiger partial charge in [-0.2, -0.15) is 13.2 Å². The minimum absolute atomic E-state index is 0. The summed E-state index contributed by atoms with van der Waals surface area (Å²) in [5.74, 6) is -1.34. The summed E-state index contributed by atoms with van der Waals surface area (Å²) in [7, 11) is 0. The molecule has 0 fully saturated rings. The zero-order valence-electron chi connectivity index (χ0n) is 23.4. The fourth-order valence-corrected chi connectivity index (χ4v) is 4.17. The largest absolute Gasteiger partial charge is 1.00 e. The first kappa shape index (κ1) is 43.4. The number of nitrogens with one attached hydrogen (secondary N) is 1. The number of aromatic nitrogens is 1. The number of ketones is 1. The number of para-hydroxylation sites is 1. The number of Topliss-reactive ketones (excluding diaryl/α,β-unsaturated/α-hetero) is 1. The number of nitrogens with zero attached hydrogens (tertiary/aromatic N) is 2. The van der Waals surface area contributed by atoms with Gasteiger partial charge >= 0.3 is 6.18 Å². The molecular formula is C28H33Cl4F3N6O3-4. The van der Waals surface area contributed by atoms with Gasteiger partial charge < -0.3 is 77.0 Å². The molecule has 0 aliphatic carbocycles. The molecule has 0 saturated carbocycles. The first-order valence-electron chi connectivity index (χ1n) is 12.8. The van der Waals surface area contributed by atoms with Crippen molar-refractivity contribution in [3.05, 3.63) is 77.5 Å². The van der Waals surface area contributed by atoms with Crippen molar-refractivity contribution >= 4 is 28.5 Å². The summed E-state index contributed by atoms with van der Waals surface area (Å²) in [6, 6.07) is 11.4. The highest BCUT2D eigenvalue weighted by atomic mass is 35.5. The number of halogens is 7.